The van der Waals surface area contributed by atoms with Gasteiger partial charge in [0.05, 0.1) is 31.6 Å². The van der Waals surface area contributed by atoms with E-state index >= 15 is 0 Å². The van der Waals surface area contributed by atoms with E-state index in [0.717, 1.165) is 12.3 Å². The highest BCUT2D eigenvalue weighted by molar-refractivity contribution is 5.98. The van der Waals surface area contributed by atoms with Gasteiger partial charge in [-0.05, 0) is 63.7 Å². The zero-order chi connectivity index (χ0) is 31.7. The number of hydrogen-bond donors (Lipinski definition) is 1. The first kappa shape index (κ1) is 14.4. The lowest BCUT2D eigenvalue weighted by Gasteiger charge is -2.15. The molecule has 7 heteroatoms. The van der Waals surface area contributed by atoms with E-state index in [1.165, 1.54) is 19.1 Å². The van der Waals surface area contributed by atoms with E-state index in [-0.39, 0.29) is 57.3 Å². The molecule has 0 unspecified atom stereocenters. The van der Waals surface area contributed by atoms with Gasteiger partial charge in [0.25, 0.3) is 0 Å². The van der Waals surface area contributed by atoms with Crippen LogP contribution in [0.5, 0.6) is 5.75 Å². The van der Waals surface area contributed by atoms with Gasteiger partial charge in [-0.15, -0.1) is 0 Å². The molecule has 1 heterocycles. The molecule has 0 aliphatic rings. The summed E-state index contributed by atoms with van der Waals surface area (Å²) in [5, 5.41) is 12.7. The topological polar surface area (TPSA) is 78.2 Å². The number of fused-ring (bicyclic) bond motifs is 1. The van der Waals surface area contributed by atoms with Crippen LogP contribution in [0.2, 0.25) is 0 Å². The molecule has 0 aliphatic heterocycles. The summed E-state index contributed by atoms with van der Waals surface area (Å²) in [6, 6.07) is 2.62. The summed E-state index contributed by atoms with van der Waals surface area (Å²) < 4.78 is 90.4. The van der Waals surface area contributed by atoms with Gasteiger partial charge in [0, 0.05) is 46.0 Å². The Hall–Kier alpha value is -3.76. The molecule has 2 aromatic carbocycles. The van der Waals surface area contributed by atoms with Crippen molar-refractivity contribution in [1.29, 1.82) is 5.26 Å². The van der Waals surface area contributed by atoms with Gasteiger partial charge in [-0.25, -0.2) is 4.39 Å². The van der Waals surface area contributed by atoms with Crippen LogP contribution in [-0.4, -0.2) is 42.9 Å². The summed E-state index contributed by atoms with van der Waals surface area (Å²) in [4.78, 5) is 18.7. The summed E-state index contributed by atoms with van der Waals surface area (Å²) in [7, 11) is 3.42. The lowest BCUT2D eigenvalue weighted by molar-refractivity contribution is -0.114. The van der Waals surface area contributed by atoms with Crippen LogP contribution in [0, 0.1) is 24.1 Å². The fourth-order valence-corrected chi connectivity index (χ4v) is 3.03. The first-order valence-electron chi connectivity index (χ1n) is 14.3. The monoisotopic (exact) mass is 455 g/mol. The lowest BCUT2D eigenvalue weighted by atomic mass is 10.0. The third kappa shape index (κ3) is 5.93. The molecular formula is C26H27FN4O2. The Bertz CT molecular complexity index is 1600. The number of nitrogens with zero attached hydrogens (tertiary/aromatic N) is 3. The average Bonchev–Trinajstić information content (AvgIpc) is 2.87. The number of rotatable bonds is 9. The fraction of sp³-hybridized carbons (Fsp3) is 0.269. The second kappa shape index (κ2) is 10.7. The Morgan fingerprint density at radius 3 is 3.03 bits per heavy atom. The Labute approximate surface area is 206 Å². The van der Waals surface area contributed by atoms with Gasteiger partial charge < -0.3 is 15.0 Å². The number of benzene rings is 2. The number of allylic oxidation sites excluding steroid dienone is 1. The van der Waals surface area contributed by atoms with Crippen LogP contribution in [0.15, 0.2) is 48.6 Å². The zero-order valence-electron chi connectivity index (χ0n) is 27.3. The molecule has 0 atom stereocenters. The van der Waals surface area contributed by atoms with Gasteiger partial charge in [-0.2, -0.15) is 5.26 Å². The number of ether oxygens (including phenoxy) is 1. The molecule has 0 amide bonds. The Balaban J connectivity index is 2.27. The molecule has 3 rings (SSSR count). The molecule has 0 bridgehead atoms. The normalized spacial score (nSPS) is 16.2. The first-order chi connectivity index (χ1) is 19.4. The molecular weight excluding hydrogens is 419 g/mol. The van der Waals surface area contributed by atoms with Gasteiger partial charge in [-0.3, -0.25) is 9.78 Å². The van der Waals surface area contributed by atoms with Crippen molar-refractivity contribution in [1.82, 2.24) is 9.88 Å². The molecule has 0 saturated heterocycles. The number of nitrogens with one attached hydrogen (secondary N) is 1. The van der Waals surface area contributed by atoms with Crippen molar-refractivity contribution in [2.24, 2.45) is 0 Å². The maximum atomic E-state index is 14.3. The predicted molar refractivity (Wildman–Crippen MR) is 128 cm³/mol. The number of carbonyl (C=O) groups excluding carboxylic acids is 1. The maximum Gasteiger partial charge on any atom is 0.159 e. The highest BCUT2D eigenvalue weighted by Gasteiger charge is 2.16. The number of halogens is 1. The Morgan fingerprint density at radius 1 is 1.48 bits per heavy atom. The van der Waals surface area contributed by atoms with Gasteiger partial charge in [0.2, 0.25) is 0 Å². The maximum absolute atomic E-state index is 14.3. The number of anilines is 2. The molecule has 170 valence electrons. The number of hydrogen-bond acceptors (Lipinski definition) is 6. The van der Waals surface area contributed by atoms with E-state index in [1.807, 2.05) is 6.07 Å². The van der Waals surface area contributed by atoms with Gasteiger partial charge in [-0.1, -0.05) is 6.05 Å². The van der Waals surface area contributed by atoms with E-state index in [9.17, 15) is 14.4 Å². The number of carbonyl (C=O) groups is 1. The van der Waals surface area contributed by atoms with Crippen molar-refractivity contribution in [2.45, 2.75) is 20.2 Å². The molecule has 0 aliphatic carbocycles. The number of nitriles is 1. The number of likely N-dealkylation sites (N-methyl/N-ethyl adjacent to an activating group) is 1. The van der Waals surface area contributed by atoms with Crippen molar-refractivity contribution >= 4 is 28.1 Å². The Kier molecular flexibility index (Phi) is 4.67. The molecule has 0 spiro atoms. The molecule has 0 radical (unpaired) electrons. The van der Waals surface area contributed by atoms with Crippen LogP contribution < -0.4 is 10.1 Å². The SMILES string of the molecule is [2H]/C(=C\C(=O)Cc1cc2c(Nc3c([2H])c([2H])c(F)c(C)c3[2H])c(C#N)cnc2cc1OC([2H])([2H])C([2H])([2H])[2H])CN(C)C. The number of aromatic nitrogens is 1. The van der Waals surface area contributed by atoms with Crippen molar-refractivity contribution in [3.8, 4) is 11.8 Å². The highest BCUT2D eigenvalue weighted by atomic mass is 19.1. The molecule has 1 N–H and O–H groups in total. The van der Waals surface area contributed by atoms with Gasteiger partial charge in [0.1, 0.15) is 17.6 Å². The van der Waals surface area contributed by atoms with Crippen molar-refractivity contribution in [3.63, 3.8) is 0 Å². The summed E-state index contributed by atoms with van der Waals surface area (Å²) in [5.41, 5.74) is -0.458. The predicted octanol–water partition coefficient (Wildman–Crippen LogP) is 4.93. The quantitative estimate of drug-likeness (QED) is 0.461. The van der Waals surface area contributed by atoms with Crippen molar-refractivity contribution in [2.75, 3.05) is 32.5 Å². The summed E-state index contributed by atoms with van der Waals surface area (Å²) in [6.45, 7) is -4.92. The van der Waals surface area contributed by atoms with Crippen LogP contribution in [0.3, 0.4) is 0 Å². The van der Waals surface area contributed by atoms with E-state index in [0.29, 0.717) is 0 Å². The van der Waals surface area contributed by atoms with Gasteiger partial charge in [0.15, 0.2) is 5.78 Å². The molecule has 3 aromatic rings. The Morgan fingerprint density at radius 2 is 2.30 bits per heavy atom. The third-order valence-corrected chi connectivity index (χ3v) is 4.56. The van der Waals surface area contributed by atoms with Crippen LogP contribution >= 0.6 is 0 Å². The van der Waals surface area contributed by atoms with Crippen LogP contribution in [-0.2, 0) is 11.2 Å². The zero-order valence-corrected chi connectivity index (χ0v) is 18.3. The van der Waals surface area contributed by atoms with E-state index in [2.05, 4.69) is 10.3 Å². The minimum Gasteiger partial charge on any atom is -0.494 e. The lowest BCUT2D eigenvalue weighted by Crippen LogP contribution is -2.11. The minimum absolute atomic E-state index is 0.00156. The molecule has 0 fully saturated rings. The third-order valence-electron chi connectivity index (χ3n) is 4.56. The molecule has 33 heavy (non-hydrogen) atoms. The van der Waals surface area contributed by atoms with Crippen molar-refractivity contribution in [3.05, 3.63) is 71.1 Å². The summed E-state index contributed by atoms with van der Waals surface area (Å²) in [5.74, 6) is -1.92. The van der Waals surface area contributed by atoms with Crippen LogP contribution in [0.4, 0.5) is 15.8 Å². The number of ketones is 1. The smallest absolute Gasteiger partial charge is 0.159 e. The highest BCUT2D eigenvalue weighted by Crippen LogP contribution is 2.34. The second-order valence-electron chi connectivity index (χ2n) is 7.38. The van der Waals surface area contributed by atoms with Gasteiger partial charge >= 0.3 is 0 Å². The molecule has 6 nitrogen and oxygen atoms in total. The van der Waals surface area contributed by atoms with Crippen LogP contribution in [0.25, 0.3) is 10.9 Å². The molecule has 1 aromatic heterocycles. The van der Waals surface area contributed by atoms with E-state index in [1.54, 1.807) is 19.0 Å². The average molecular weight is 456 g/mol. The molecule has 0 saturated carbocycles. The van der Waals surface area contributed by atoms with Crippen molar-refractivity contribution < 1.29 is 26.3 Å². The van der Waals surface area contributed by atoms with E-state index < -0.39 is 49.6 Å². The first-order valence-corrected chi connectivity index (χ1v) is 9.80. The largest absolute Gasteiger partial charge is 0.494 e. The summed E-state index contributed by atoms with van der Waals surface area (Å²) >= 11 is 0. The van der Waals surface area contributed by atoms with Crippen LogP contribution in [0.1, 0.15) is 35.9 Å². The number of pyridine rings is 1. The fourth-order valence-electron chi connectivity index (χ4n) is 3.03. The van der Waals surface area contributed by atoms with E-state index in [4.69, 9.17) is 17.1 Å². The second-order valence-corrected chi connectivity index (χ2v) is 7.38. The summed E-state index contributed by atoms with van der Waals surface area (Å²) in [6.07, 6.45) is 1.76. The standard InChI is InChI=1S/C26H27FN4O2/c1-5-33-25-14-24-22(13-18(25)12-21(32)7-6-10-31(3)4)26(19(15-28)16-29-24)30-20-8-9-23(27)17(2)11-20/h6-9,11,13-14,16H,5,10,12H2,1-4H3,(H,29,30)/b7-6+/i1D3,5D2,6D,8D,9D,11D. The minimum atomic E-state index is -3.20.